The Morgan fingerprint density at radius 2 is 1.96 bits per heavy atom. The van der Waals surface area contributed by atoms with Gasteiger partial charge in [0.2, 0.25) is 5.91 Å². The second-order valence-electron chi connectivity index (χ2n) is 5.39. The van der Waals surface area contributed by atoms with Crippen LogP contribution in [0.4, 0.5) is 10.1 Å². The topological polar surface area (TPSA) is 54.9 Å². The third kappa shape index (κ3) is 3.81. The minimum Gasteiger partial charge on any atom is -0.326 e. The predicted octanol–water partition coefficient (Wildman–Crippen LogP) is 3.77. The van der Waals surface area contributed by atoms with E-state index in [1.165, 1.54) is 6.07 Å². The van der Waals surface area contributed by atoms with Gasteiger partial charge in [0.05, 0.1) is 12.1 Å². The van der Waals surface area contributed by atoms with Gasteiger partial charge < -0.3 is 5.32 Å². The Balaban J connectivity index is 1.75. The molecule has 0 bridgehead atoms. The molecule has 1 heterocycles. The molecule has 1 N–H and O–H groups in total. The van der Waals surface area contributed by atoms with Crippen molar-refractivity contribution >= 4 is 11.6 Å². The second kappa shape index (κ2) is 7.00. The number of amides is 1. The van der Waals surface area contributed by atoms with Crippen LogP contribution >= 0.6 is 0 Å². The lowest BCUT2D eigenvalue weighted by atomic mass is 10.1. The molecule has 120 valence electrons. The van der Waals surface area contributed by atoms with Crippen LogP contribution in [0, 0.1) is 12.7 Å². The van der Waals surface area contributed by atoms with Gasteiger partial charge in [0, 0.05) is 17.4 Å². The Bertz CT molecular complexity index is 880. The van der Waals surface area contributed by atoms with E-state index in [0.29, 0.717) is 17.1 Å². The molecule has 0 aliphatic rings. The SMILES string of the molecule is Cc1nccc(-c2cccc(NC(=O)Cc3ccccc3F)c2)n1. The number of halogens is 1. The number of hydrogen-bond donors (Lipinski definition) is 1. The van der Waals surface area contributed by atoms with E-state index in [0.717, 1.165) is 11.3 Å². The van der Waals surface area contributed by atoms with E-state index >= 15 is 0 Å². The van der Waals surface area contributed by atoms with E-state index in [1.807, 2.05) is 31.2 Å². The first-order valence-corrected chi connectivity index (χ1v) is 7.55. The summed E-state index contributed by atoms with van der Waals surface area (Å²) in [6.07, 6.45) is 1.69. The van der Waals surface area contributed by atoms with Crippen molar-refractivity contribution < 1.29 is 9.18 Å². The van der Waals surface area contributed by atoms with Crippen molar-refractivity contribution in [3.8, 4) is 11.3 Å². The van der Waals surface area contributed by atoms with Gasteiger partial charge in [-0.2, -0.15) is 0 Å². The highest BCUT2D eigenvalue weighted by molar-refractivity contribution is 5.92. The Morgan fingerprint density at radius 3 is 2.75 bits per heavy atom. The lowest BCUT2D eigenvalue weighted by Crippen LogP contribution is -2.15. The van der Waals surface area contributed by atoms with Gasteiger partial charge in [-0.1, -0.05) is 30.3 Å². The molecule has 0 spiro atoms. The van der Waals surface area contributed by atoms with E-state index in [2.05, 4.69) is 15.3 Å². The van der Waals surface area contributed by atoms with Crippen molar-refractivity contribution in [3.63, 3.8) is 0 Å². The summed E-state index contributed by atoms with van der Waals surface area (Å²) in [6.45, 7) is 1.82. The fourth-order valence-electron chi connectivity index (χ4n) is 2.39. The van der Waals surface area contributed by atoms with Crippen molar-refractivity contribution in [2.45, 2.75) is 13.3 Å². The molecule has 0 atom stereocenters. The standard InChI is InChI=1S/C19H16FN3O/c1-13-21-10-9-18(22-13)15-6-4-7-16(11-15)23-19(24)12-14-5-2-3-8-17(14)20/h2-11H,12H2,1H3,(H,23,24). The van der Waals surface area contributed by atoms with Crippen LogP contribution in [0.1, 0.15) is 11.4 Å². The number of nitrogens with zero attached hydrogens (tertiary/aromatic N) is 2. The van der Waals surface area contributed by atoms with Crippen molar-refractivity contribution in [1.82, 2.24) is 9.97 Å². The quantitative estimate of drug-likeness (QED) is 0.796. The third-order valence-electron chi connectivity index (χ3n) is 3.53. The Morgan fingerprint density at radius 1 is 1.12 bits per heavy atom. The third-order valence-corrected chi connectivity index (χ3v) is 3.53. The van der Waals surface area contributed by atoms with Crippen LogP contribution in [0.15, 0.2) is 60.8 Å². The maximum Gasteiger partial charge on any atom is 0.228 e. The van der Waals surface area contributed by atoms with Crippen LogP contribution in [0.2, 0.25) is 0 Å². The molecule has 0 aliphatic heterocycles. The number of nitrogens with one attached hydrogen (secondary N) is 1. The number of anilines is 1. The average molecular weight is 321 g/mol. The highest BCUT2D eigenvalue weighted by Gasteiger charge is 2.09. The van der Waals surface area contributed by atoms with Gasteiger partial charge in [0.25, 0.3) is 0 Å². The summed E-state index contributed by atoms with van der Waals surface area (Å²) in [6, 6.07) is 15.5. The van der Waals surface area contributed by atoms with Crippen LogP contribution in [-0.4, -0.2) is 15.9 Å². The maximum absolute atomic E-state index is 13.6. The fraction of sp³-hybridized carbons (Fsp3) is 0.105. The Kier molecular flexibility index (Phi) is 4.61. The highest BCUT2D eigenvalue weighted by atomic mass is 19.1. The molecule has 0 saturated heterocycles. The molecule has 0 fully saturated rings. The molecule has 24 heavy (non-hydrogen) atoms. The number of aryl methyl sites for hydroxylation is 1. The lowest BCUT2D eigenvalue weighted by molar-refractivity contribution is -0.115. The average Bonchev–Trinajstić information content (AvgIpc) is 2.57. The van der Waals surface area contributed by atoms with Crippen LogP contribution in [0.3, 0.4) is 0 Å². The first-order chi connectivity index (χ1) is 11.6. The van der Waals surface area contributed by atoms with Gasteiger partial charge in [-0.05, 0) is 36.8 Å². The second-order valence-corrected chi connectivity index (χ2v) is 5.39. The Labute approximate surface area is 139 Å². The van der Waals surface area contributed by atoms with Gasteiger partial charge >= 0.3 is 0 Å². The smallest absolute Gasteiger partial charge is 0.228 e. The van der Waals surface area contributed by atoms with Crippen molar-refractivity contribution in [2.75, 3.05) is 5.32 Å². The maximum atomic E-state index is 13.6. The first kappa shape index (κ1) is 15.8. The largest absolute Gasteiger partial charge is 0.326 e. The van der Waals surface area contributed by atoms with E-state index in [-0.39, 0.29) is 18.1 Å². The summed E-state index contributed by atoms with van der Waals surface area (Å²) in [5, 5.41) is 2.79. The van der Waals surface area contributed by atoms with E-state index in [1.54, 1.807) is 30.5 Å². The van der Waals surface area contributed by atoms with Crippen LogP contribution in [0.5, 0.6) is 0 Å². The first-order valence-electron chi connectivity index (χ1n) is 7.55. The number of hydrogen-bond acceptors (Lipinski definition) is 3. The Hall–Kier alpha value is -3.08. The van der Waals surface area contributed by atoms with Crippen molar-refractivity contribution in [1.29, 1.82) is 0 Å². The molecular weight excluding hydrogens is 305 g/mol. The number of carbonyl (C=O) groups excluding carboxylic acids is 1. The zero-order chi connectivity index (χ0) is 16.9. The molecule has 2 aromatic carbocycles. The molecule has 1 aromatic heterocycles. The van der Waals surface area contributed by atoms with Crippen LogP contribution < -0.4 is 5.32 Å². The number of rotatable bonds is 4. The zero-order valence-corrected chi connectivity index (χ0v) is 13.2. The summed E-state index contributed by atoms with van der Waals surface area (Å²) in [5.74, 6) is 0.0375. The monoisotopic (exact) mass is 321 g/mol. The minimum atomic E-state index is -0.377. The molecule has 0 unspecified atom stereocenters. The normalized spacial score (nSPS) is 10.4. The minimum absolute atomic E-state index is 0.0104. The van der Waals surface area contributed by atoms with Crippen molar-refractivity contribution in [2.24, 2.45) is 0 Å². The molecule has 5 heteroatoms. The van der Waals surface area contributed by atoms with Gasteiger partial charge in [-0.15, -0.1) is 0 Å². The van der Waals surface area contributed by atoms with Gasteiger partial charge in [0.15, 0.2) is 0 Å². The van der Waals surface area contributed by atoms with Crippen LogP contribution in [0.25, 0.3) is 11.3 Å². The van der Waals surface area contributed by atoms with E-state index in [9.17, 15) is 9.18 Å². The summed E-state index contributed by atoms with van der Waals surface area (Å²) >= 11 is 0. The molecule has 0 saturated carbocycles. The van der Waals surface area contributed by atoms with Gasteiger partial charge in [0.1, 0.15) is 11.6 Å². The van der Waals surface area contributed by atoms with Gasteiger partial charge in [-0.25, -0.2) is 14.4 Å². The summed E-state index contributed by atoms with van der Waals surface area (Å²) in [5.41, 5.74) is 2.68. The van der Waals surface area contributed by atoms with E-state index in [4.69, 9.17) is 0 Å². The molecule has 4 nitrogen and oxygen atoms in total. The summed E-state index contributed by atoms with van der Waals surface area (Å²) in [7, 11) is 0. The number of aromatic nitrogens is 2. The molecular formula is C19H16FN3O. The summed E-state index contributed by atoms with van der Waals surface area (Å²) in [4.78, 5) is 20.6. The molecule has 3 aromatic rings. The molecule has 0 aliphatic carbocycles. The van der Waals surface area contributed by atoms with Crippen molar-refractivity contribution in [3.05, 3.63) is 78.0 Å². The van der Waals surface area contributed by atoms with Crippen LogP contribution in [-0.2, 0) is 11.2 Å². The molecule has 1 amide bonds. The number of carbonyl (C=O) groups is 1. The number of benzene rings is 2. The van der Waals surface area contributed by atoms with E-state index < -0.39 is 0 Å². The molecule has 3 rings (SSSR count). The molecule has 0 radical (unpaired) electrons. The fourth-order valence-corrected chi connectivity index (χ4v) is 2.39. The highest BCUT2D eigenvalue weighted by Crippen LogP contribution is 2.21. The zero-order valence-electron chi connectivity index (χ0n) is 13.2. The van der Waals surface area contributed by atoms with Gasteiger partial charge in [-0.3, -0.25) is 4.79 Å². The lowest BCUT2D eigenvalue weighted by Gasteiger charge is -2.08. The predicted molar refractivity (Wildman–Crippen MR) is 90.9 cm³/mol. The summed E-state index contributed by atoms with van der Waals surface area (Å²) < 4.78 is 13.6.